The van der Waals surface area contributed by atoms with Gasteiger partial charge in [0, 0.05) is 18.4 Å². The number of nitrogens with one attached hydrogen (secondary N) is 1. The van der Waals surface area contributed by atoms with E-state index in [-0.39, 0.29) is 10.6 Å². The Morgan fingerprint density at radius 1 is 1.45 bits per heavy atom. The van der Waals surface area contributed by atoms with Crippen LogP contribution in [0.25, 0.3) is 0 Å². The average molecular weight is 294 g/mol. The molecule has 0 aliphatic rings. The fourth-order valence-electron chi connectivity index (χ4n) is 1.84. The molecule has 0 spiro atoms. The predicted octanol–water partition coefficient (Wildman–Crippen LogP) is 3.26. The van der Waals surface area contributed by atoms with Gasteiger partial charge in [0.2, 0.25) is 0 Å². The summed E-state index contributed by atoms with van der Waals surface area (Å²) in [7, 11) is 0. The number of aromatic nitrogens is 2. The van der Waals surface area contributed by atoms with Crippen molar-refractivity contribution in [1.82, 2.24) is 9.78 Å². The molecule has 2 N–H and O–H groups in total. The average Bonchev–Trinajstić information content (AvgIpc) is 2.86. The van der Waals surface area contributed by atoms with Crippen molar-refractivity contribution in [2.75, 3.05) is 5.32 Å². The summed E-state index contributed by atoms with van der Waals surface area (Å²) in [6.45, 7) is 3.53. The van der Waals surface area contributed by atoms with Crippen molar-refractivity contribution in [3.63, 3.8) is 0 Å². The van der Waals surface area contributed by atoms with Crippen molar-refractivity contribution in [2.45, 2.75) is 26.4 Å². The van der Waals surface area contributed by atoms with Crippen LogP contribution in [-0.4, -0.2) is 20.9 Å². The van der Waals surface area contributed by atoms with Crippen LogP contribution in [0.2, 0.25) is 5.02 Å². The maximum absolute atomic E-state index is 11.0. The van der Waals surface area contributed by atoms with Crippen molar-refractivity contribution < 1.29 is 9.90 Å². The minimum atomic E-state index is -1.04. The number of carboxylic acids is 1. The minimum Gasteiger partial charge on any atom is -0.478 e. The molecule has 0 aliphatic heterocycles. The summed E-state index contributed by atoms with van der Waals surface area (Å²) < 4.78 is 1.89. The third kappa shape index (κ3) is 3.51. The molecule has 0 saturated carbocycles. The van der Waals surface area contributed by atoms with Crippen molar-refractivity contribution in [2.24, 2.45) is 0 Å². The van der Waals surface area contributed by atoms with Crippen molar-refractivity contribution in [3.05, 3.63) is 46.7 Å². The number of hydrogen-bond acceptors (Lipinski definition) is 3. The molecule has 0 radical (unpaired) electrons. The molecule has 0 aliphatic carbocycles. The highest BCUT2D eigenvalue weighted by molar-refractivity contribution is 6.33. The Morgan fingerprint density at radius 2 is 2.25 bits per heavy atom. The summed E-state index contributed by atoms with van der Waals surface area (Å²) in [6.07, 6.45) is 2.97. The van der Waals surface area contributed by atoms with Gasteiger partial charge >= 0.3 is 5.97 Å². The lowest BCUT2D eigenvalue weighted by molar-refractivity contribution is 0.0697. The van der Waals surface area contributed by atoms with Gasteiger partial charge in [-0.3, -0.25) is 4.68 Å². The number of hydrogen-bond donors (Lipinski definition) is 2. The van der Waals surface area contributed by atoms with Gasteiger partial charge in [-0.15, -0.1) is 0 Å². The van der Waals surface area contributed by atoms with Crippen LogP contribution in [0, 0.1) is 0 Å². The molecular formula is C14H16ClN3O2. The van der Waals surface area contributed by atoms with Crippen LogP contribution in [0.1, 0.15) is 29.4 Å². The fraction of sp³-hybridized carbons (Fsp3) is 0.286. The largest absolute Gasteiger partial charge is 0.478 e. The molecule has 1 aromatic heterocycles. The molecule has 0 atom stereocenters. The van der Waals surface area contributed by atoms with Crippen LogP contribution < -0.4 is 5.32 Å². The van der Waals surface area contributed by atoms with Crippen molar-refractivity contribution in [1.29, 1.82) is 0 Å². The van der Waals surface area contributed by atoms with Gasteiger partial charge in [0.25, 0.3) is 0 Å². The van der Waals surface area contributed by atoms with Gasteiger partial charge in [-0.2, -0.15) is 5.10 Å². The predicted molar refractivity (Wildman–Crippen MR) is 78.3 cm³/mol. The van der Waals surface area contributed by atoms with E-state index in [4.69, 9.17) is 16.7 Å². The number of halogens is 1. The number of carbonyl (C=O) groups is 1. The van der Waals surface area contributed by atoms with Gasteiger partial charge in [0.15, 0.2) is 0 Å². The maximum atomic E-state index is 11.0. The van der Waals surface area contributed by atoms with Gasteiger partial charge in [-0.25, -0.2) is 4.79 Å². The van der Waals surface area contributed by atoms with E-state index in [1.165, 1.54) is 6.07 Å². The molecule has 6 heteroatoms. The summed E-state index contributed by atoms with van der Waals surface area (Å²) in [5, 5.41) is 16.8. The molecular weight excluding hydrogens is 278 g/mol. The lowest BCUT2D eigenvalue weighted by atomic mass is 10.2. The van der Waals surface area contributed by atoms with E-state index in [9.17, 15) is 4.79 Å². The van der Waals surface area contributed by atoms with Crippen molar-refractivity contribution in [3.8, 4) is 0 Å². The highest BCUT2D eigenvalue weighted by Crippen LogP contribution is 2.20. The number of rotatable bonds is 6. The lowest BCUT2D eigenvalue weighted by Gasteiger charge is -2.06. The highest BCUT2D eigenvalue weighted by Gasteiger charge is 2.09. The van der Waals surface area contributed by atoms with E-state index in [1.807, 2.05) is 16.9 Å². The molecule has 20 heavy (non-hydrogen) atoms. The van der Waals surface area contributed by atoms with E-state index >= 15 is 0 Å². The first kappa shape index (κ1) is 14.4. The van der Waals surface area contributed by atoms with Crippen LogP contribution >= 0.6 is 11.6 Å². The van der Waals surface area contributed by atoms with Crippen LogP contribution in [0.15, 0.2) is 30.5 Å². The Labute approximate surface area is 122 Å². The standard InChI is InChI=1S/C14H16ClN3O2/c1-2-6-18-7-5-11(17-18)9-16-10-3-4-13(15)12(8-10)14(19)20/h3-5,7-8,16H,2,6,9H2,1H3,(H,19,20). The third-order valence-electron chi connectivity index (χ3n) is 2.82. The quantitative estimate of drug-likeness (QED) is 0.858. The fourth-order valence-corrected chi connectivity index (χ4v) is 2.04. The number of benzene rings is 1. The van der Waals surface area contributed by atoms with Gasteiger partial charge in [0.05, 0.1) is 22.8 Å². The zero-order valence-electron chi connectivity index (χ0n) is 11.1. The molecule has 2 aromatic rings. The summed E-state index contributed by atoms with van der Waals surface area (Å²) >= 11 is 5.82. The first-order chi connectivity index (χ1) is 9.60. The second-order valence-electron chi connectivity index (χ2n) is 4.42. The number of aryl methyl sites for hydroxylation is 1. The number of aromatic carboxylic acids is 1. The van der Waals surface area contributed by atoms with Gasteiger partial charge in [0.1, 0.15) is 0 Å². The topological polar surface area (TPSA) is 67.2 Å². The molecule has 0 amide bonds. The summed E-state index contributed by atoms with van der Waals surface area (Å²) in [5.41, 5.74) is 1.70. The van der Waals surface area contributed by atoms with Crippen LogP contribution in [0.5, 0.6) is 0 Å². The molecule has 0 bridgehead atoms. The number of nitrogens with zero attached hydrogens (tertiary/aromatic N) is 2. The molecule has 0 unspecified atom stereocenters. The molecule has 0 saturated heterocycles. The Hall–Kier alpha value is -2.01. The Kier molecular flexibility index (Phi) is 4.63. The normalized spacial score (nSPS) is 10.5. The highest BCUT2D eigenvalue weighted by atomic mass is 35.5. The Bertz CT molecular complexity index is 610. The first-order valence-corrected chi connectivity index (χ1v) is 6.77. The SMILES string of the molecule is CCCn1ccc(CNc2ccc(Cl)c(C(=O)O)c2)n1. The second kappa shape index (κ2) is 6.43. The van der Waals surface area contributed by atoms with Gasteiger partial charge in [-0.05, 0) is 30.7 Å². The minimum absolute atomic E-state index is 0.0909. The Balaban J connectivity index is 2.03. The zero-order valence-corrected chi connectivity index (χ0v) is 11.9. The molecule has 5 nitrogen and oxygen atoms in total. The summed E-state index contributed by atoms with van der Waals surface area (Å²) in [6, 6.07) is 6.78. The monoisotopic (exact) mass is 293 g/mol. The van der Waals surface area contributed by atoms with E-state index in [1.54, 1.807) is 12.1 Å². The summed E-state index contributed by atoms with van der Waals surface area (Å²) in [5.74, 6) is -1.04. The number of anilines is 1. The first-order valence-electron chi connectivity index (χ1n) is 6.39. The second-order valence-corrected chi connectivity index (χ2v) is 4.83. The van der Waals surface area contributed by atoms with E-state index in [0.717, 1.165) is 18.7 Å². The van der Waals surface area contributed by atoms with Crippen molar-refractivity contribution >= 4 is 23.3 Å². The van der Waals surface area contributed by atoms with Crippen LogP contribution in [0.4, 0.5) is 5.69 Å². The lowest BCUT2D eigenvalue weighted by Crippen LogP contribution is -2.04. The third-order valence-corrected chi connectivity index (χ3v) is 3.15. The van der Waals surface area contributed by atoms with Gasteiger partial charge < -0.3 is 10.4 Å². The molecule has 106 valence electrons. The van der Waals surface area contributed by atoms with E-state index < -0.39 is 5.97 Å². The van der Waals surface area contributed by atoms with Crippen LogP contribution in [-0.2, 0) is 13.1 Å². The van der Waals surface area contributed by atoms with E-state index in [2.05, 4.69) is 17.3 Å². The Morgan fingerprint density at radius 3 is 2.95 bits per heavy atom. The molecule has 1 aromatic carbocycles. The molecule has 0 fully saturated rings. The molecule has 2 rings (SSSR count). The maximum Gasteiger partial charge on any atom is 0.337 e. The van der Waals surface area contributed by atoms with Crippen LogP contribution in [0.3, 0.4) is 0 Å². The van der Waals surface area contributed by atoms with Gasteiger partial charge in [-0.1, -0.05) is 18.5 Å². The number of carboxylic acid groups (broad SMARTS) is 1. The van der Waals surface area contributed by atoms with E-state index in [0.29, 0.717) is 12.2 Å². The zero-order chi connectivity index (χ0) is 14.5. The molecule has 1 heterocycles. The summed E-state index contributed by atoms with van der Waals surface area (Å²) in [4.78, 5) is 11.0. The smallest absolute Gasteiger partial charge is 0.337 e.